The molecule has 1 heterocycles. The lowest BCUT2D eigenvalue weighted by Crippen LogP contribution is -2.17. The van der Waals surface area contributed by atoms with E-state index in [0.29, 0.717) is 36.2 Å². The molecule has 0 unspecified atom stereocenters. The van der Waals surface area contributed by atoms with Gasteiger partial charge in [-0.3, -0.25) is 4.79 Å². The molecule has 2 N–H and O–H groups in total. The molecular formula is C24H24N2O6. The summed E-state index contributed by atoms with van der Waals surface area (Å²) in [6, 6.07) is 15.4. The van der Waals surface area contributed by atoms with Crippen LogP contribution < -0.4 is 14.8 Å². The highest BCUT2D eigenvalue weighted by Crippen LogP contribution is 2.23. The maximum Gasteiger partial charge on any atom is 0.337 e. The lowest BCUT2D eigenvalue weighted by Gasteiger charge is -2.10. The molecule has 3 rings (SSSR count). The van der Waals surface area contributed by atoms with Crippen LogP contribution in [-0.4, -0.2) is 42.3 Å². The molecule has 0 bridgehead atoms. The molecule has 0 saturated heterocycles. The van der Waals surface area contributed by atoms with Crippen molar-refractivity contribution in [3.8, 4) is 17.4 Å². The number of aromatic carboxylic acids is 1. The molecule has 8 nitrogen and oxygen atoms in total. The molecule has 166 valence electrons. The van der Waals surface area contributed by atoms with Gasteiger partial charge in [-0.15, -0.1) is 0 Å². The number of methoxy groups -OCH3 is 1. The summed E-state index contributed by atoms with van der Waals surface area (Å²) in [5.41, 5.74) is 1.78. The monoisotopic (exact) mass is 436 g/mol. The molecule has 0 spiro atoms. The number of nitrogens with zero attached hydrogens (tertiary/aromatic N) is 1. The fraction of sp³-hybridized carbons (Fsp3) is 0.208. The molecule has 3 aromatic rings. The maximum atomic E-state index is 12.4. The van der Waals surface area contributed by atoms with Gasteiger partial charge in [-0.1, -0.05) is 17.7 Å². The largest absolute Gasteiger partial charge is 0.491 e. The molecule has 0 radical (unpaired) electrons. The predicted octanol–water partition coefficient (Wildman–Crippen LogP) is 4.09. The third-order valence-electron chi connectivity index (χ3n) is 4.44. The third-order valence-corrected chi connectivity index (χ3v) is 4.44. The second kappa shape index (κ2) is 10.9. The highest BCUT2D eigenvalue weighted by Gasteiger charge is 2.13. The van der Waals surface area contributed by atoms with Crippen LogP contribution in [0.5, 0.6) is 17.4 Å². The van der Waals surface area contributed by atoms with Crippen LogP contribution in [-0.2, 0) is 16.0 Å². The minimum Gasteiger partial charge on any atom is -0.491 e. The van der Waals surface area contributed by atoms with E-state index in [4.69, 9.17) is 14.2 Å². The van der Waals surface area contributed by atoms with Gasteiger partial charge in [0.1, 0.15) is 18.1 Å². The minimum atomic E-state index is -1.10. The van der Waals surface area contributed by atoms with Gasteiger partial charge in [0, 0.05) is 19.4 Å². The molecule has 1 amide bonds. The number of carbonyl (C=O) groups is 2. The Morgan fingerprint density at radius 2 is 1.75 bits per heavy atom. The average Bonchev–Trinajstić information content (AvgIpc) is 2.77. The van der Waals surface area contributed by atoms with Gasteiger partial charge < -0.3 is 24.6 Å². The van der Waals surface area contributed by atoms with Crippen molar-refractivity contribution in [2.24, 2.45) is 0 Å². The Morgan fingerprint density at radius 1 is 1.00 bits per heavy atom. The first-order valence-electron chi connectivity index (χ1n) is 9.93. The zero-order chi connectivity index (χ0) is 22.9. The minimum absolute atomic E-state index is 0.0493. The number of aromatic nitrogens is 1. The molecular weight excluding hydrogens is 412 g/mol. The molecule has 0 atom stereocenters. The summed E-state index contributed by atoms with van der Waals surface area (Å²) in [4.78, 5) is 28.0. The summed E-state index contributed by atoms with van der Waals surface area (Å²) in [6.45, 7) is 2.77. The lowest BCUT2D eigenvalue weighted by atomic mass is 10.1. The van der Waals surface area contributed by atoms with E-state index in [2.05, 4.69) is 10.3 Å². The molecule has 0 aliphatic rings. The molecule has 32 heavy (non-hydrogen) atoms. The van der Waals surface area contributed by atoms with Gasteiger partial charge in [-0.2, -0.15) is 0 Å². The van der Waals surface area contributed by atoms with E-state index >= 15 is 0 Å². The normalized spacial score (nSPS) is 10.4. The SMILES string of the molecule is COCCOc1ccc(Oc2ccc(CC(=O)Nc3ccc(C)cc3C(=O)O)cn2)cc1. The van der Waals surface area contributed by atoms with E-state index in [1.54, 1.807) is 68.8 Å². The van der Waals surface area contributed by atoms with Gasteiger partial charge in [-0.05, 0) is 48.9 Å². The smallest absolute Gasteiger partial charge is 0.337 e. The summed E-state index contributed by atoms with van der Waals surface area (Å²) in [5.74, 6) is 0.262. The van der Waals surface area contributed by atoms with E-state index in [-0.39, 0.29) is 23.6 Å². The van der Waals surface area contributed by atoms with Crippen LogP contribution in [0.2, 0.25) is 0 Å². The van der Waals surface area contributed by atoms with Gasteiger partial charge in [0.15, 0.2) is 0 Å². The summed E-state index contributed by atoms with van der Waals surface area (Å²) in [7, 11) is 1.62. The molecule has 0 aliphatic heterocycles. The van der Waals surface area contributed by atoms with E-state index in [1.807, 2.05) is 0 Å². The van der Waals surface area contributed by atoms with E-state index in [0.717, 1.165) is 5.56 Å². The number of hydrogen-bond donors (Lipinski definition) is 2. The van der Waals surface area contributed by atoms with Gasteiger partial charge >= 0.3 is 5.97 Å². The fourth-order valence-electron chi connectivity index (χ4n) is 2.87. The standard InChI is InChI=1S/C24H24N2O6/c1-16-3-9-21(20(13-16)24(28)29)26-22(27)14-17-4-10-23(25-15-17)32-19-7-5-18(6-8-19)31-12-11-30-2/h3-10,13,15H,11-12,14H2,1-2H3,(H,26,27)(H,28,29). The molecule has 1 aromatic heterocycles. The van der Waals surface area contributed by atoms with E-state index in [9.17, 15) is 14.7 Å². The maximum absolute atomic E-state index is 12.4. The molecule has 0 saturated carbocycles. The fourth-order valence-corrected chi connectivity index (χ4v) is 2.87. The highest BCUT2D eigenvalue weighted by atomic mass is 16.5. The highest BCUT2D eigenvalue weighted by molar-refractivity contribution is 6.01. The Bertz CT molecular complexity index is 1060. The van der Waals surface area contributed by atoms with Crippen molar-refractivity contribution in [3.63, 3.8) is 0 Å². The molecule has 0 fully saturated rings. The van der Waals surface area contributed by atoms with E-state index in [1.165, 1.54) is 6.07 Å². The van der Waals surface area contributed by atoms with Crippen LogP contribution >= 0.6 is 0 Å². The van der Waals surface area contributed by atoms with Gasteiger partial charge in [0.05, 0.1) is 24.3 Å². The Morgan fingerprint density at radius 3 is 2.41 bits per heavy atom. The number of hydrogen-bond acceptors (Lipinski definition) is 6. The van der Waals surface area contributed by atoms with Crippen LogP contribution in [0, 0.1) is 6.92 Å². The molecule has 0 aliphatic carbocycles. The van der Waals surface area contributed by atoms with Gasteiger partial charge in [0.2, 0.25) is 11.8 Å². The Kier molecular flexibility index (Phi) is 7.77. The number of amides is 1. The summed E-state index contributed by atoms with van der Waals surface area (Å²) in [5, 5.41) is 12.0. The first kappa shape index (κ1) is 22.8. The Hall–Kier alpha value is -3.91. The van der Waals surface area contributed by atoms with Crippen molar-refractivity contribution in [1.82, 2.24) is 4.98 Å². The number of anilines is 1. The van der Waals surface area contributed by atoms with Crippen molar-refractivity contribution in [2.75, 3.05) is 25.6 Å². The second-order valence-corrected chi connectivity index (χ2v) is 7.00. The number of rotatable bonds is 10. The molecule has 2 aromatic carbocycles. The van der Waals surface area contributed by atoms with Crippen molar-refractivity contribution in [2.45, 2.75) is 13.3 Å². The predicted molar refractivity (Wildman–Crippen MR) is 119 cm³/mol. The number of nitrogens with one attached hydrogen (secondary N) is 1. The van der Waals surface area contributed by atoms with Crippen LogP contribution in [0.15, 0.2) is 60.8 Å². The van der Waals surface area contributed by atoms with Crippen LogP contribution in [0.1, 0.15) is 21.5 Å². The van der Waals surface area contributed by atoms with Crippen LogP contribution in [0.25, 0.3) is 0 Å². The zero-order valence-corrected chi connectivity index (χ0v) is 17.8. The van der Waals surface area contributed by atoms with Crippen molar-refractivity contribution in [1.29, 1.82) is 0 Å². The topological polar surface area (TPSA) is 107 Å². The summed E-state index contributed by atoms with van der Waals surface area (Å²) < 4.78 is 16.2. The number of carboxylic acid groups (broad SMARTS) is 1. The molecule has 8 heteroatoms. The van der Waals surface area contributed by atoms with Crippen LogP contribution in [0.3, 0.4) is 0 Å². The van der Waals surface area contributed by atoms with E-state index < -0.39 is 5.97 Å². The number of aryl methyl sites for hydroxylation is 1. The van der Waals surface area contributed by atoms with Crippen molar-refractivity contribution < 1.29 is 28.9 Å². The van der Waals surface area contributed by atoms with Gasteiger partial charge in [-0.25, -0.2) is 9.78 Å². The number of benzene rings is 2. The van der Waals surface area contributed by atoms with Gasteiger partial charge in [0.25, 0.3) is 0 Å². The Labute approximate surface area is 185 Å². The average molecular weight is 436 g/mol. The summed E-state index contributed by atoms with van der Waals surface area (Å²) >= 11 is 0. The quantitative estimate of drug-likeness (QED) is 0.461. The number of carbonyl (C=O) groups excluding carboxylic acids is 1. The number of pyridine rings is 1. The Balaban J connectivity index is 1.56. The third kappa shape index (κ3) is 6.55. The number of carboxylic acids is 1. The lowest BCUT2D eigenvalue weighted by molar-refractivity contribution is -0.115. The van der Waals surface area contributed by atoms with Crippen molar-refractivity contribution in [3.05, 3.63) is 77.5 Å². The summed E-state index contributed by atoms with van der Waals surface area (Å²) in [6.07, 6.45) is 1.60. The van der Waals surface area contributed by atoms with Crippen LogP contribution in [0.4, 0.5) is 5.69 Å². The first-order chi connectivity index (χ1) is 15.4. The number of ether oxygens (including phenoxy) is 3. The first-order valence-corrected chi connectivity index (χ1v) is 9.93. The van der Waals surface area contributed by atoms with Crippen molar-refractivity contribution >= 4 is 17.6 Å². The zero-order valence-electron chi connectivity index (χ0n) is 17.8. The second-order valence-electron chi connectivity index (χ2n) is 7.00.